The molecule has 2 heterocycles. The van der Waals surface area contributed by atoms with Crippen LogP contribution in [0.1, 0.15) is 37.4 Å². The number of aromatic nitrogens is 2. The van der Waals surface area contributed by atoms with Crippen LogP contribution in [-0.2, 0) is 11.3 Å². The Kier molecular flexibility index (Phi) is 3.73. The zero-order valence-corrected chi connectivity index (χ0v) is 10.3. The summed E-state index contributed by atoms with van der Waals surface area (Å²) in [5.41, 5.74) is 0. The van der Waals surface area contributed by atoms with Crippen LogP contribution in [0.2, 0.25) is 0 Å². The Morgan fingerprint density at radius 1 is 1.53 bits per heavy atom. The van der Waals surface area contributed by atoms with Crippen LogP contribution in [0.5, 0.6) is 0 Å². The van der Waals surface area contributed by atoms with Crippen molar-refractivity contribution < 1.29 is 9.32 Å². The quantitative estimate of drug-likeness (QED) is 0.831. The fourth-order valence-electron chi connectivity index (χ4n) is 2.10. The summed E-state index contributed by atoms with van der Waals surface area (Å²) in [6.45, 7) is 3.79. The first-order valence-corrected chi connectivity index (χ1v) is 5.93. The monoisotopic (exact) mass is 238 g/mol. The van der Waals surface area contributed by atoms with Crippen molar-refractivity contribution in [3.63, 3.8) is 0 Å². The molecule has 17 heavy (non-hydrogen) atoms. The van der Waals surface area contributed by atoms with Crippen molar-refractivity contribution in [1.29, 1.82) is 0 Å². The standard InChI is InChI=1S/C11H18N4O2/c1-8(16)15-5-3-9(4-6-15)11-13-10(7-12-2)14-17-11/h9,12H,3-7H2,1-2H3. The highest BCUT2D eigenvalue weighted by Crippen LogP contribution is 2.26. The van der Waals surface area contributed by atoms with Crippen LogP contribution in [0.3, 0.4) is 0 Å². The molecule has 1 aromatic heterocycles. The lowest BCUT2D eigenvalue weighted by Crippen LogP contribution is -2.36. The molecule has 0 atom stereocenters. The average Bonchev–Trinajstić information content (AvgIpc) is 2.78. The maximum Gasteiger partial charge on any atom is 0.229 e. The van der Waals surface area contributed by atoms with E-state index in [4.69, 9.17) is 4.52 Å². The minimum atomic E-state index is 0.143. The number of carbonyl (C=O) groups excluding carboxylic acids is 1. The molecule has 1 fully saturated rings. The number of nitrogens with zero attached hydrogens (tertiary/aromatic N) is 3. The number of likely N-dealkylation sites (tertiary alicyclic amines) is 1. The van der Waals surface area contributed by atoms with Crippen LogP contribution < -0.4 is 5.32 Å². The zero-order chi connectivity index (χ0) is 12.3. The predicted molar refractivity (Wildman–Crippen MR) is 61.3 cm³/mol. The van der Waals surface area contributed by atoms with Gasteiger partial charge in [-0.2, -0.15) is 4.98 Å². The molecule has 0 saturated carbocycles. The van der Waals surface area contributed by atoms with Gasteiger partial charge in [0.05, 0.1) is 6.54 Å². The van der Waals surface area contributed by atoms with Crippen molar-refractivity contribution in [3.05, 3.63) is 11.7 Å². The Bertz CT molecular complexity index is 383. The summed E-state index contributed by atoms with van der Waals surface area (Å²) >= 11 is 0. The smallest absolute Gasteiger partial charge is 0.229 e. The van der Waals surface area contributed by atoms with Crippen molar-refractivity contribution in [2.75, 3.05) is 20.1 Å². The third-order valence-corrected chi connectivity index (χ3v) is 3.11. The Morgan fingerprint density at radius 2 is 2.24 bits per heavy atom. The van der Waals surface area contributed by atoms with Crippen LogP contribution in [0, 0.1) is 0 Å². The van der Waals surface area contributed by atoms with Gasteiger partial charge in [0.25, 0.3) is 0 Å². The first kappa shape index (κ1) is 12.0. The van der Waals surface area contributed by atoms with E-state index in [1.165, 1.54) is 0 Å². The molecule has 0 radical (unpaired) electrons. The van der Waals surface area contributed by atoms with Crippen LogP contribution in [0.25, 0.3) is 0 Å². The second-order valence-electron chi connectivity index (χ2n) is 4.36. The summed E-state index contributed by atoms with van der Waals surface area (Å²) < 4.78 is 5.25. The molecule has 0 bridgehead atoms. The van der Waals surface area contributed by atoms with Crippen LogP contribution in [0.15, 0.2) is 4.52 Å². The van der Waals surface area contributed by atoms with Gasteiger partial charge in [-0.15, -0.1) is 0 Å². The number of nitrogens with one attached hydrogen (secondary N) is 1. The van der Waals surface area contributed by atoms with E-state index in [0.29, 0.717) is 24.2 Å². The minimum absolute atomic E-state index is 0.143. The minimum Gasteiger partial charge on any atom is -0.343 e. The third kappa shape index (κ3) is 2.82. The lowest BCUT2D eigenvalue weighted by atomic mass is 9.97. The van der Waals surface area contributed by atoms with Gasteiger partial charge in [-0.05, 0) is 19.9 Å². The van der Waals surface area contributed by atoms with Gasteiger partial charge in [0.2, 0.25) is 11.8 Å². The second-order valence-corrected chi connectivity index (χ2v) is 4.36. The summed E-state index contributed by atoms with van der Waals surface area (Å²) in [6, 6.07) is 0. The second kappa shape index (κ2) is 5.27. The molecule has 1 aliphatic heterocycles. The van der Waals surface area contributed by atoms with Crippen molar-refractivity contribution in [3.8, 4) is 0 Å². The molecular weight excluding hydrogens is 220 g/mol. The molecule has 1 aliphatic rings. The van der Waals surface area contributed by atoms with E-state index in [9.17, 15) is 4.79 Å². The number of hydrogen-bond acceptors (Lipinski definition) is 5. The largest absolute Gasteiger partial charge is 0.343 e. The molecule has 0 aliphatic carbocycles. The van der Waals surface area contributed by atoms with E-state index in [0.717, 1.165) is 25.9 Å². The number of hydrogen-bond donors (Lipinski definition) is 1. The highest BCUT2D eigenvalue weighted by Gasteiger charge is 2.25. The van der Waals surface area contributed by atoms with Gasteiger partial charge >= 0.3 is 0 Å². The van der Waals surface area contributed by atoms with Gasteiger partial charge in [-0.3, -0.25) is 4.79 Å². The van der Waals surface area contributed by atoms with Crippen LogP contribution >= 0.6 is 0 Å². The summed E-state index contributed by atoms with van der Waals surface area (Å²) in [4.78, 5) is 17.4. The molecule has 1 aromatic rings. The molecule has 1 saturated heterocycles. The predicted octanol–water partition coefficient (Wildman–Crippen LogP) is 0.515. The lowest BCUT2D eigenvalue weighted by Gasteiger charge is -2.29. The topological polar surface area (TPSA) is 71.3 Å². The normalized spacial score (nSPS) is 17.4. The summed E-state index contributed by atoms with van der Waals surface area (Å²) in [5.74, 6) is 1.84. The fraction of sp³-hybridized carbons (Fsp3) is 0.727. The van der Waals surface area contributed by atoms with Crippen molar-refractivity contribution >= 4 is 5.91 Å². The number of piperidine rings is 1. The Hall–Kier alpha value is -1.43. The van der Waals surface area contributed by atoms with Gasteiger partial charge in [0, 0.05) is 25.9 Å². The molecule has 0 spiro atoms. The van der Waals surface area contributed by atoms with Crippen molar-refractivity contribution in [2.24, 2.45) is 0 Å². The Balaban J connectivity index is 1.93. The third-order valence-electron chi connectivity index (χ3n) is 3.11. The van der Waals surface area contributed by atoms with Crippen LogP contribution in [0.4, 0.5) is 0 Å². The van der Waals surface area contributed by atoms with Gasteiger partial charge < -0.3 is 14.7 Å². The van der Waals surface area contributed by atoms with E-state index in [2.05, 4.69) is 15.5 Å². The fourth-order valence-corrected chi connectivity index (χ4v) is 2.10. The van der Waals surface area contributed by atoms with Crippen LogP contribution in [-0.4, -0.2) is 41.1 Å². The van der Waals surface area contributed by atoms with Gasteiger partial charge in [-0.1, -0.05) is 5.16 Å². The molecule has 6 heteroatoms. The number of amides is 1. The van der Waals surface area contributed by atoms with Crippen molar-refractivity contribution in [1.82, 2.24) is 20.4 Å². The Morgan fingerprint density at radius 3 is 2.82 bits per heavy atom. The molecule has 1 amide bonds. The highest BCUT2D eigenvalue weighted by molar-refractivity contribution is 5.73. The van der Waals surface area contributed by atoms with E-state index in [-0.39, 0.29) is 5.91 Å². The molecule has 0 unspecified atom stereocenters. The van der Waals surface area contributed by atoms with Gasteiger partial charge in [0.15, 0.2) is 5.82 Å². The summed E-state index contributed by atoms with van der Waals surface area (Å²) in [7, 11) is 1.85. The highest BCUT2D eigenvalue weighted by atomic mass is 16.5. The molecule has 1 N–H and O–H groups in total. The molecule has 6 nitrogen and oxygen atoms in total. The maximum atomic E-state index is 11.2. The zero-order valence-electron chi connectivity index (χ0n) is 10.3. The summed E-state index contributed by atoms with van der Waals surface area (Å²) in [6.07, 6.45) is 1.81. The number of rotatable bonds is 3. The molecule has 0 aromatic carbocycles. The SMILES string of the molecule is CNCc1noc(C2CCN(C(C)=O)CC2)n1. The lowest BCUT2D eigenvalue weighted by molar-refractivity contribution is -0.129. The molecule has 2 rings (SSSR count). The maximum absolute atomic E-state index is 11.2. The molecular formula is C11H18N4O2. The molecule has 94 valence electrons. The number of carbonyl (C=O) groups is 1. The average molecular weight is 238 g/mol. The van der Waals surface area contributed by atoms with Crippen molar-refractivity contribution in [2.45, 2.75) is 32.2 Å². The summed E-state index contributed by atoms with van der Waals surface area (Å²) in [5, 5.41) is 6.89. The van der Waals surface area contributed by atoms with E-state index >= 15 is 0 Å². The Labute approximate surface area is 100 Å². The first-order chi connectivity index (χ1) is 8.20. The first-order valence-electron chi connectivity index (χ1n) is 5.93. The van der Waals surface area contributed by atoms with E-state index in [1.807, 2.05) is 11.9 Å². The van der Waals surface area contributed by atoms with E-state index < -0.39 is 0 Å². The van der Waals surface area contributed by atoms with Gasteiger partial charge in [0.1, 0.15) is 0 Å². The van der Waals surface area contributed by atoms with Gasteiger partial charge in [-0.25, -0.2) is 0 Å². The van der Waals surface area contributed by atoms with E-state index in [1.54, 1.807) is 6.92 Å².